The van der Waals surface area contributed by atoms with E-state index in [2.05, 4.69) is 0 Å². The minimum Gasteiger partial charge on any atom is -0.480 e. The minimum atomic E-state index is -1.11. The predicted molar refractivity (Wildman–Crippen MR) is 77.0 cm³/mol. The lowest BCUT2D eigenvalue weighted by atomic mass is 10.2. The second kappa shape index (κ2) is 8.04. The highest BCUT2D eigenvalue weighted by Gasteiger charge is 2.19. The van der Waals surface area contributed by atoms with Crippen molar-refractivity contribution < 1.29 is 24.2 Å². The molecule has 0 aromatic heterocycles. The molecule has 0 unspecified atom stereocenters. The Hall–Kier alpha value is -2.37. The zero-order valence-electron chi connectivity index (χ0n) is 12.2. The van der Waals surface area contributed by atoms with Crippen LogP contribution in [0.3, 0.4) is 0 Å². The van der Waals surface area contributed by atoms with Crippen LogP contribution in [0.4, 0.5) is 5.69 Å². The third kappa shape index (κ3) is 5.64. The van der Waals surface area contributed by atoms with Gasteiger partial charge in [0.1, 0.15) is 6.54 Å². The first-order valence-corrected chi connectivity index (χ1v) is 6.68. The number of ether oxygens (including phenoxy) is 1. The van der Waals surface area contributed by atoms with Gasteiger partial charge in [-0.2, -0.15) is 0 Å². The number of carboxylic acid groups (broad SMARTS) is 1. The summed E-state index contributed by atoms with van der Waals surface area (Å²) >= 11 is 0. The van der Waals surface area contributed by atoms with Gasteiger partial charge in [0.25, 0.3) is 0 Å². The van der Waals surface area contributed by atoms with Gasteiger partial charge < -0.3 is 14.7 Å². The van der Waals surface area contributed by atoms with Gasteiger partial charge in [-0.25, -0.2) is 0 Å². The van der Waals surface area contributed by atoms with Crippen molar-refractivity contribution in [1.29, 1.82) is 0 Å². The Labute approximate surface area is 123 Å². The van der Waals surface area contributed by atoms with Gasteiger partial charge in [-0.1, -0.05) is 17.7 Å². The Morgan fingerprint density at radius 3 is 2.29 bits per heavy atom. The third-order valence-corrected chi connectivity index (χ3v) is 2.79. The fourth-order valence-electron chi connectivity index (χ4n) is 1.76. The standard InChI is InChI=1S/C15H19NO5/c1-3-21-15(20)9-8-13(17)16(10-14(18)19)12-6-4-11(2)5-7-12/h4-7H,3,8-10H2,1-2H3,(H,18,19). The zero-order chi connectivity index (χ0) is 15.8. The van der Waals surface area contributed by atoms with E-state index < -0.39 is 24.4 Å². The molecule has 0 bridgehead atoms. The number of amides is 1. The molecule has 1 rings (SSSR count). The van der Waals surface area contributed by atoms with Crippen LogP contribution in [0.25, 0.3) is 0 Å². The summed E-state index contributed by atoms with van der Waals surface area (Å²) in [7, 11) is 0. The molecule has 114 valence electrons. The first-order chi connectivity index (χ1) is 9.93. The Bertz CT molecular complexity index is 509. The summed E-state index contributed by atoms with van der Waals surface area (Å²) in [6, 6.07) is 6.95. The minimum absolute atomic E-state index is 0.0609. The summed E-state index contributed by atoms with van der Waals surface area (Å²) in [6.45, 7) is 3.39. The second-order valence-corrected chi connectivity index (χ2v) is 4.51. The Balaban J connectivity index is 2.77. The van der Waals surface area contributed by atoms with Gasteiger partial charge in [0, 0.05) is 12.1 Å². The molecule has 0 saturated heterocycles. The lowest BCUT2D eigenvalue weighted by Gasteiger charge is -2.21. The van der Waals surface area contributed by atoms with E-state index in [1.165, 1.54) is 0 Å². The van der Waals surface area contributed by atoms with Gasteiger partial charge >= 0.3 is 11.9 Å². The number of anilines is 1. The molecular weight excluding hydrogens is 274 g/mol. The van der Waals surface area contributed by atoms with Gasteiger partial charge in [0.2, 0.25) is 5.91 Å². The number of carbonyl (C=O) groups is 3. The smallest absolute Gasteiger partial charge is 0.323 e. The van der Waals surface area contributed by atoms with E-state index in [0.29, 0.717) is 5.69 Å². The SMILES string of the molecule is CCOC(=O)CCC(=O)N(CC(=O)O)c1ccc(C)cc1. The van der Waals surface area contributed by atoms with Gasteiger partial charge in [-0.15, -0.1) is 0 Å². The molecule has 0 fully saturated rings. The van der Waals surface area contributed by atoms with E-state index in [4.69, 9.17) is 9.84 Å². The lowest BCUT2D eigenvalue weighted by Crippen LogP contribution is -2.35. The van der Waals surface area contributed by atoms with Crippen LogP contribution in [0.1, 0.15) is 25.3 Å². The topological polar surface area (TPSA) is 83.9 Å². The van der Waals surface area contributed by atoms with Crippen LogP contribution in [0.2, 0.25) is 0 Å². The Morgan fingerprint density at radius 1 is 1.14 bits per heavy atom. The molecule has 0 spiro atoms. The molecule has 0 radical (unpaired) electrons. The highest BCUT2D eigenvalue weighted by Crippen LogP contribution is 2.16. The van der Waals surface area contributed by atoms with Crippen LogP contribution in [-0.2, 0) is 19.1 Å². The van der Waals surface area contributed by atoms with E-state index in [0.717, 1.165) is 10.5 Å². The highest BCUT2D eigenvalue weighted by molar-refractivity contribution is 5.98. The van der Waals surface area contributed by atoms with Gasteiger partial charge in [0.05, 0.1) is 13.0 Å². The molecule has 6 nitrogen and oxygen atoms in total. The van der Waals surface area contributed by atoms with Crippen molar-refractivity contribution in [2.45, 2.75) is 26.7 Å². The maximum absolute atomic E-state index is 12.1. The van der Waals surface area contributed by atoms with Crippen molar-refractivity contribution in [2.24, 2.45) is 0 Å². The molecule has 0 aliphatic carbocycles. The molecule has 0 saturated carbocycles. The highest BCUT2D eigenvalue weighted by atomic mass is 16.5. The summed E-state index contributed by atoms with van der Waals surface area (Å²) in [5.41, 5.74) is 1.50. The van der Waals surface area contributed by atoms with E-state index >= 15 is 0 Å². The number of aliphatic carboxylic acids is 1. The van der Waals surface area contributed by atoms with Crippen LogP contribution in [-0.4, -0.2) is 36.1 Å². The zero-order valence-corrected chi connectivity index (χ0v) is 12.2. The number of carboxylic acids is 1. The Kier molecular flexibility index (Phi) is 6.39. The molecule has 0 aliphatic rings. The Morgan fingerprint density at radius 2 is 1.76 bits per heavy atom. The number of nitrogens with zero attached hydrogens (tertiary/aromatic N) is 1. The summed E-state index contributed by atoms with van der Waals surface area (Å²) in [6.07, 6.45) is -0.144. The summed E-state index contributed by atoms with van der Waals surface area (Å²) < 4.78 is 4.75. The fraction of sp³-hybridized carbons (Fsp3) is 0.400. The van der Waals surface area contributed by atoms with Crippen LogP contribution in [0.15, 0.2) is 24.3 Å². The quantitative estimate of drug-likeness (QED) is 0.774. The summed E-state index contributed by atoms with van der Waals surface area (Å²) in [5, 5.41) is 8.92. The summed E-state index contributed by atoms with van der Waals surface area (Å²) in [4.78, 5) is 35.5. The van der Waals surface area contributed by atoms with Crippen LogP contribution < -0.4 is 4.90 Å². The van der Waals surface area contributed by atoms with Crippen molar-refractivity contribution in [2.75, 3.05) is 18.1 Å². The molecule has 1 aromatic rings. The van der Waals surface area contributed by atoms with E-state index in [1.807, 2.05) is 6.92 Å². The number of hydrogen-bond acceptors (Lipinski definition) is 4. The number of aryl methyl sites for hydroxylation is 1. The fourth-order valence-corrected chi connectivity index (χ4v) is 1.76. The van der Waals surface area contributed by atoms with Crippen molar-refractivity contribution >= 4 is 23.5 Å². The van der Waals surface area contributed by atoms with Crippen molar-refractivity contribution in [3.8, 4) is 0 Å². The van der Waals surface area contributed by atoms with Gasteiger partial charge in [-0.05, 0) is 26.0 Å². The molecule has 0 aliphatic heterocycles. The molecule has 0 heterocycles. The van der Waals surface area contributed by atoms with E-state index in [9.17, 15) is 14.4 Å². The average Bonchev–Trinajstić information content (AvgIpc) is 2.43. The molecule has 1 aromatic carbocycles. The first kappa shape index (κ1) is 16.7. The second-order valence-electron chi connectivity index (χ2n) is 4.51. The number of rotatable bonds is 7. The predicted octanol–water partition coefficient (Wildman–Crippen LogP) is 1.76. The van der Waals surface area contributed by atoms with E-state index in [-0.39, 0.29) is 19.4 Å². The summed E-state index contributed by atoms with van der Waals surface area (Å²) in [5.74, 6) is -2.00. The number of esters is 1. The van der Waals surface area contributed by atoms with Crippen LogP contribution in [0, 0.1) is 6.92 Å². The van der Waals surface area contributed by atoms with Crippen molar-refractivity contribution in [3.05, 3.63) is 29.8 Å². The normalized spacial score (nSPS) is 10.0. The number of benzene rings is 1. The molecule has 6 heteroatoms. The lowest BCUT2D eigenvalue weighted by molar-refractivity contribution is -0.144. The van der Waals surface area contributed by atoms with Crippen LogP contribution in [0.5, 0.6) is 0 Å². The van der Waals surface area contributed by atoms with Crippen molar-refractivity contribution in [3.63, 3.8) is 0 Å². The van der Waals surface area contributed by atoms with Gasteiger partial charge in [0.15, 0.2) is 0 Å². The molecule has 0 atom stereocenters. The average molecular weight is 293 g/mol. The number of hydrogen-bond donors (Lipinski definition) is 1. The van der Waals surface area contributed by atoms with Crippen LogP contribution >= 0.6 is 0 Å². The molecule has 1 amide bonds. The molecule has 1 N–H and O–H groups in total. The maximum Gasteiger partial charge on any atom is 0.323 e. The van der Waals surface area contributed by atoms with Gasteiger partial charge in [-0.3, -0.25) is 14.4 Å². The first-order valence-electron chi connectivity index (χ1n) is 6.68. The van der Waals surface area contributed by atoms with E-state index in [1.54, 1.807) is 31.2 Å². The maximum atomic E-state index is 12.1. The third-order valence-electron chi connectivity index (χ3n) is 2.79. The monoisotopic (exact) mass is 293 g/mol. The van der Waals surface area contributed by atoms with Crippen molar-refractivity contribution in [1.82, 2.24) is 0 Å². The largest absolute Gasteiger partial charge is 0.480 e. The molecule has 21 heavy (non-hydrogen) atoms. The molecular formula is C15H19NO5. The number of carbonyl (C=O) groups excluding carboxylic acids is 2.